The lowest BCUT2D eigenvalue weighted by Crippen LogP contribution is -2.04. The molecule has 4 nitrogen and oxygen atoms in total. The van der Waals surface area contributed by atoms with Gasteiger partial charge in [-0.1, -0.05) is 0 Å². The van der Waals surface area contributed by atoms with E-state index in [1.807, 2.05) is 0 Å². The minimum Gasteiger partial charge on any atom is -0.478 e. The van der Waals surface area contributed by atoms with Gasteiger partial charge in [-0.3, -0.25) is 0 Å². The molecule has 98 valence electrons. The van der Waals surface area contributed by atoms with E-state index >= 15 is 0 Å². The van der Waals surface area contributed by atoms with E-state index in [0.717, 1.165) is 18.2 Å². The molecule has 0 aliphatic heterocycles. The molecule has 4 N–H and O–H groups in total. The lowest BCUT2D eigenvalue weighted by molar-refractivity contribution is 0.0698. The van der Waals surface area contributed by atoms with Gasteiger partial charge in [0.2, 0.25) is 0 Å². The molecule has 0 atom stereocenters. The van der Waals surface area contributed by atoms with E-state index in [1.54, 1.807) is 0 Å². The highest BCUT2D eigenvalue weighted by Gasteiger charge is 2.11. The molecule has 0 unspecified atom stereocenters. The van der Waals surface area contributed by atoms with Crippen molar-refractivity contribution in [1.82, 2.24) is 0 Å². The maximum absolute atomic E-state index is 13.0. The lowest BCUT2D eigenvalue weighted by atomic mass is 10.1. The largest absolute Gasteiger partial charge is 0.478 e. The van der Waals surface area contributed by atoms with Crippen LogP contribution in [0.15, 0.2) is 36.4 Å². The molecule has 0 saturated heterocycles. The average Bonchev–Trinajstić information content (AvgIpc) is 2.26. The summed E-state index contributed by atoms with van der Waals surface area (Å²) >= 11 is 0. The Bertz CT molecular complexity index is 624. The summed E-state index contributed by atoms with van der Waals surface area (Å²) in [5.41, 5.74) is 6.12. The molecular weight excluding hydrogens is 254 g/mol. The molecule has 0 aromatic heterocycles. The normalized spacial score (nSPS) is 10.2. The topological polar surface area (TPSA) is 75.4 Å². The molecule has 0 radical (unpaired) electrons. The number of hydrogen-bond donors (Lipinski definition) is 3. The van der Waals surface area contributed by atoms with Gasteiger partial charge in [-0.2, -0.15) is 0 Å². The summed E-state index contributed by atoms with van der Waals surface area (Å²) in [7, 11) is 0. The summed E-state index contributed by atoms with van der Waals surface area (Å²) in [6.45, 7) is 0. The number of nitrogens with two attached hydrogens (primary N) is 1. The third-order valence-electron chi connectivity index (χ3n) is 2.42. The number of aromatic carboxylic acids is 1. The molecule has 0 saturated carbocycles. The third kappa shape index (κ3) is 2.98. The van der Waals surface area contributed by atoms with Crippen molar-refractivity contribution in [2.75, 3.05) is 11.1 Å². The molecule has 0 amide bonds. The van der Waals surface area contributed by atoms with Gasteiger partial charge in [-0.05, 0) is 30.3 Å². The number of nitrogen functional groups attached to an aromatic ring is 1. The van der Waals surface area contributed by atoms with Gasteiger partial charge in [0, 0.05) is 17.4 Å². The zero-order chi connectivity index (χ0) is 14.0. The predicted molar refractivity (Wildman–Crippen MR) is 67.5 cm³/mol. The Morgan fingerprint density at radius 1 is 1.11 bits per heavy atom. The minimum atomic E-state index is -1.17. The molecule has 2 aromatic carbocycles. The standard InChI is InChI=1S/C13H10F2N2O2/c14-7-3-8(15)5-10(4-7)17-12-6-9(16)1-2-11(12)13(18)19/h1-6,17H,16H2,(H,18,19). The van der Waals surface area contributed by atoms with Crippen molar-refractivity contribution in [3.63, 3.8) is 0 Å². The number of carboxylic acid groups (broad SMARTS) is 1. The molecule has 0 aliphatic rings. The molecule has 0 fully saturated rings. The van der Waals surface area contributed by atoms with Crippen LogP contribution in [0.3, 0.4) is 0 Å². The Kier molecular flexibility index (Phi) is 3.33. The van der Waals surface area contributed by atoms with Crippen molar-refractivity contribution in [2.24, 2.45) is 0 Å². The maximum atomic E-state index is 13.0. The minimum absolute atomic E-state index is 0.0427. The highest BCUT2D eigenvalue weighted by Crippen LogP contribution is 2.24. The number of nitrogens with one attached hydrogen (secondary N) is 1. The monoisotopic (exact) mass is 264 g/mol. The van der Waals surface area contributed by atoms with Crippen LogP contribution in [0.1, 0.15) is 10.4 Å². The second-order valence-corrected chi connectivity index (χ2v) is 3.89. The summed E-state index contributed by atoms with van der Waals surface area (Å²) in [4.78, 5) is 11.0. The van der Waals surface area contributed by atoms with Crippen LogP contribution in [0.25, 0.3) is 0 Å². The quantitative estimate of drug-likeness (QED) is 0.745. The van der Waals surface area contributed by atoms with Gasteiger partial charge in [0.05, 0.1) is 11.3 Å². The van der Waals surface area contributed by atoms with E-state index in [2.05, 4.69) is 5.32 Å². The van der Waals surface area contributed by atoms with E-state index in [0.29, 0.717) is 5.69 Å². The van der Waals surface area contributed by atoms with Gasteiger partial charge in [-0.25, -0.2) is 13.6 Å². The van der Waals surface area contributed by atoms with Crippen molar-refractivity contribution in [1.29, 1.82) is 0 Å². The summed E-state index contributed by atoms with van der Waals surface area (Å²) in [5, 5.41) is 11.7. The van der Waals surface area contributed by atoms with Crippen LogP contribution in [0.2, 0.25) is 0 Å². The first-order chi connectivity index (χ1) is 8.95. The number of halogens is 2. The number of anilines is 3. The van der Waals surface area contributed by atoms with Gasteiger partial charge in [0.15, 0.2) is 0 Å². The van der Waals surface area contributed by atoms with Crippen LogP contribution in [-0.2, 0) is 0 Å². The van der Waals surface area contributed by atoms with Crippen molar-refractivity contribution >= 4 is 23.0 Å². The Labute approximate surface area is 107 Å². The molecule has 2 rings (SSSR count). The molecule has 19 heavy (non-hydrogen) atoms. The third-order valence-corrected chi connectivity index (χ3v) is 2.42. The first-order valence-corrected chi connectivity index (χ1v) is 5.31. The van der Waals surface area contributed by atoms with Crippen molar-refractivity contribution < 1.29 is 18.7 Å². The molecule has 6 heteroatoms. The van der Waals surface area contributed by atoms with Gasteiger partial charge in [-0.15, -0.1) is 0 Å². The lowest BCUT2D eigenvalue weighted by Gasteiger charge is -2.10. The molecule has 2 aromatic rings. The number of hydrogen-bond acceptors (Lipinski definition) is 3. The first-order valence-electron chi connectivity index (χ1n) is 5.31. The maximum Gasteiger partial charge on any atom is 0.337 e. The molecule has 0 aliphatic carbocycles. The summed E-state index contributed by atoms with van der Waals surface area (Å²) in [6, 6.07) is 6.96. The van der Waals surface area contributed by atoms with Crippen LogP contribution in [0, 0.1) is 11.6 Å². The van der Waals surface area contributed by atoms with Gasteiger partial charge >= 0.3 is 5.97 Å². The SMILES string of the molecule is Nc1ccc(C(=O)O)c(Nc2cc(F)cc(F)c2)c1. The first kappa shape index (κ1) is 12.8. The fourth-order valence-electron chi connectivity index (χ4n) is 1.63. The number of benzene rings is 2. The van der Waals surface area contributed by atoms with Gasteiger partial charge in [0.1, 0.15) is 11.6 Å². The summed E-state index contributed by atoms with van der Waals surface area (Å²) < 4.78 is 26.1. The second kappa shape index (κ2) is 4.93. The molecular formula is C13H10F2N2O2. The van der Waals surface area contributed by atoms with Crippen molar-refractivity contribution in [3.8, 4) is 0 Å². The van der Waals surface area contributed by atoms with E-state index in [-0.39, 0.29) is 16.9 Å². The fourth-order valence-corrected chi connectivity index (χ4v) is 1.63. The molecule has 0 bridgehead atoms. The summed E-state index contributed by atoms with van der Waals surface area (Å²) in [5.74, 6) is -2.69. The van der Waals surface area contributed by atoms with Crippen molar-refractivity contribution in [2.45, 2.75) is 0 Å². The predicted octanol–water partition coefficient (Wildman–Crippen LogP) is 2.99. The summed E-state index contributed by atoms with van der Waals surface area (Å²) in [6.07, 6.45) is 0. The van der Waals surface area contributed by atoms with Gasteiger partial charge in [0.25, 0.3) is 0 Å². The number of carbonyl (C=O) groups is 1. The van der Waals surface area contributed by atoms with Crippen LogP contribution in [0.4, 0.5) is 25.8 Å². The highest BCUT2D eigenvalue weighted by molar-refractivity contribution is 5.96. The van der Waals surface area contributed by atoms with E-state index in [9.17, 15) is 13.6 Å². The van der Waals surface area contributed by atoms with E-state index in [4.69, 9.17) is 10.8 Å². The highest BCUT2D eigenvalue weighted by atomic mass is 19.1. The van der Waals surface area contributed by atoms with E-state index < -0.39 is 17.6 Å². The Hall–Kier alpha value is -2.63. The van der Waals surface area contributed by atoms with Crippen LogP contribution >= 0.6 is 0 Å². The van der Waals surface area contributed by atoms with Crippen LogP contribution in [0.5, 0.6) is 0 Å². The van der Waals surface area contributed by atoms with Crippen LogP contribution in [-0.4, -0.2) is 11.1 Å². The average molecular weight is 264 g/mol. The smallest absolute Gasteiger partial charge is 0.337 e. The molecule has 0 spiro atoms. The Morgan fingerprint density at radius 2 is 1.74 bits per heavy atom. The van der Waals surface area contributed by atoms with Crippen LogP contribution < -0.4 is 11.1 Å². The number of carboxylic acids is 1. The van der Waals surface area contributed by atoms with E-state index in [1.165, 1.54) is 18.2 Å². The second-order valence-electron chi connectivity index (χ2n) is 3.89. The Balaban J connectivity index is 2.42. The van der Waals surface area contributed by atoms with Crippen molar-refractivity contribution in [3.05, 3.63) is 53.6 Å². The zero-order valence-electron chi connectivity index (χ0n) is 9.65. The zero-order valence-corrected chi connectivity index (χ0v) is 9.65. The fraction of sp³-hybridized carbons (Fsp3) is 0. The molecule has 0 heterocycles. The number of rotatable bonds is 3. The van der Waals surface area contributed by atoms with Gasteiger partial charge < -0.3 is 16.2 Å². The Morgan fingerprint density at radius 3 is 2.32 bits per heavy atom.